The zero-order chi connectivity index (χ0) is 16.1. The molecule has 6 heteroatoms. The normalized spacial score (nSPS) is 17.0. The topological polar surface area (TPSA) is 29.3 Å². The average Bonchev–Trinajstić information content (AvgIpc) is 2.88. The summed E-state index contributed by atoms with van der Waals surface area (Å²) in [6.45, 7) is 4.40. The van der Waals surface area contributed by atoms with Gasteiger partial charge < -0.3 is 5.73 Å². The second-order valence-electron chi connectivity index (χ2n) is 5.91. The first-order valence-electron chi connectivity index (χ1n) is 7.20. The number of rotatable bonds is 8. The van der Waals surface area contributed by atoms with Gasteiger partial charge in [0.25, 0.3) is 0 Å². The van der Waals surface area contributed by atoms with Crippen molar-refractivity contribution < 1.29 is 13.2 Å². The van der Waals surface area contributed by atoms with E-state index in [4.69, 9.17) is 5.73 Å². The summed E-state index contributed by atoms with van der Waals surface area (Å²) in [6, 6.07) is 4.33. The van der Waals surface area contributed by atoms with Crippen LogP contribution in [0.5, 0.6) is 0 Å². The predicted octanol–water partition coefficient (Wildman–Crippen LogP) is 4.06. The third-order valence-electron chi connectivity index (χ3n) is 4.20. The summed E-state index contributed by atoms with van der Waals surface area (Å²) >= 11 is 1.70. The summed E-state index contributed by atoms with van der Waals surface area (Å²) in [5, 5.41) is 2.04. The molecule has 2 N–H and O–H groups in total. The molecule has 0 bridgehead atoms. The van der Waals surface area contributed by atoms with Crippen LogP contribution >= 0.6 is 11.3 Å². The minimum Gasteiger partial charge on any atom is -0.329 e. The number of hydrogen-bond acceptors (Lipinski definition) is 3. The van der Waals surface area contributed by atoms with Crippen molar-refractivity contribution in [1.82, 2.24) is 4.90 Å². The zero-order valence-electron chi connectivity index (χ0n) is 12.9. The Bertz CT molecular complexity index is 406. The fraction of sp³-hybridized carbons (Fsp3) is 0.733. The van der Waals surface area contributed by atoms with E-state index in [0.29, 0.717) is 13.0 Å². The molecule has 21 heavy (non-hydrogen) atoms. The monoisotopic (exact) mass is 322 g/mol. The van der Waals surface area contributed by atoms with E-state index in [1.165, 1.54) is 4.88 Å². The third-order valence-corrected chi connectivity index (χ3v) is 5.10. The van der Waals surface area contributed by atoms with E-state index in [1.54, 1.807) is 11.3 Å². The van der Waals surface area contributed by atoms with Gasteiger partial charge in [0.05, 0.1) is 0 Å². The van der Waals surface area contributed by atoms with Gasteiger partial charge in [-0.1, -0.05) is 6.07 Å². The van der Waals surface area contributed by atoms with Crippen LogP contribution in [0.2, 0.25) is 0 Å². The van der Waals surface area contributed by atoms with Gasteiger partial charge in [-0.2, -0.15) is 13.2 Å². The number of nitrogens with two attached hydrogens (primary N) is 1. The van der Waals surface area contributed by atoms with Crippen LogP contribution < -0.4 is 5.73 Å². The largest absolute Gasteiger partial charge is 0.389 e. The van der Waals surface area contributed by atoms with Crippen LogP contribution in [-0.2, 0) is 6.42 Å². The standard InChI is InChI=1S/C15H25F3N2S/c1-12(10-13-6-4-9-21-13)20(3)14(2,11-19)7-5-8-15(16,17)18/h4,6,9,12H,5,7-8,10-11,19H2,1-3H3. The van der Waals surface area contributed by atoms with Crippen LogP contribution in [0.3, 0.4) is 0 Å². The Hall–Kier alpha value is -0.590. The Kier molecular flexibility index (Phi) is 6.69. The van der Waals surface area contributed by atoms with Gasteiger partial charge in [-0.05, 0) is 51.6 Å². The van der Waals surface area contributed by atoms with Crippen molar-refractivity contribution in [3.8, 4) is 0 Å². The summed E-state index contributed by atoms with van der Waals surface area (Å²) in [5.74, 6) is 0. The van der Waals surface area contributed by atoms with E-state index in [-0.39, 0.29) is 12.5 Å². The molecule has 0 aliphatic carbocycles. The van der Waals surface area contributed by atoms with Crippen molar-refractivity contribution in [3.63, 3.8) is 0 Å². The molecule has 2 nitrogen and oxygen atoms in total. The molecule has 0 aliphatic heterocycles. The maximum atomic E-state index is 12.3. The molecule has 2 unspecified atom stereocenters. The lowest BCUT2D eigenvalue weighted by Gasteiger charge is -2.42. The first-order chi connectivity index (χ1) is 9.68. The van der Waals surface area contributed by atoms with Gasteiger partial charge in [0, 0.05) is 29.4 Å². The summed E-state index contributed by atoms with van der Waals surface area (Å²) in [5.41, 5.74) is 5.45. The highest BCUT2D eigenvalue weighted by Crippen LogP contribution is 2.28. The van der Waals surface area contributed by atoms with Gasteiger partial charge in [0.1, 0.15) is 0 Å². The Morgan fingerprint density at radius 3 is 2.48 bits per heavy atom. The summed E-state index contributed by atoms with van der Waals surface area (Å²) in [6.07, 6.45) is -3.36. The molecule has 1 aromatic heterocycles. The Morgan fingerprint density at radius 1 is 1.33 bits per heavy atom. The minimum absolute atomic E-state index is 0.118. The molecular formula is C15H25F3N2S. The van der Waals surface area contributed by atoms with Crippen molar-refractivity contribution in [1.29, 1.82) is 0 Å². The van der Waals surface area contributed by atoms with Crippen LogP contribution in [0.1, 0.15) is 38.0 Å². The van der Waals surface area contributed by atoms with E-state index >= 15 is 0 Å². The van der Waals surface area contributed by atoms with E-state index in [2.05, 4.69) is 17.9 Å². The van der Waals surface area contributed by atoms with Crippen LogP contribution in [-0.4, -0.2) is 36.2 Å². The lowest BCUT2D eigenvalue weighted by atomic mass is 9.91. The number of likely N-dealkylation sites (N-methyl/N-ethyl adjacent to an activating group) is 1. The summed E-state index contributed by atoms with van der Waals surface area (Å²) in [7, 11) is 1.96. The third kappa shape index (κ3) is 5.96. The van der Waals surface area contributed by atoms with Crippen LogP contribution in [0.4, 0.5) is 13.2 Å². The van der Waals surface area contributed by atoms with Gasteiger partial charge >= 0.3 is 6.18 Å². The summed E-state index contributed by atoms with van der Waals surface area (Å²) in [4.78, 5) is 3.41. The zero-order valence-corrected chi connectivity index (χ0v) is 13.7. The lowest BCUT2D eigenvalue weighted by molar-refractivity contribution is -0.136. The second kappa shape index (κ2) is 7.61. The molecule has 0 aliphatic rings. The predicted molar refractivity (Wildman–Crippen MR) is 82.6 cm³/mol. The molecule has 0 saturated heterocycles. The van der Waals surface area contributed by atoms with Crippen LogP contribution in [0, 0.1) is 0 Å². The average molecular weight is 322 g/mol. The number of nitrogens with zero attached hydrogens (tertiary/aromatic N) is 1. The molecule has 0 fully saturated rings. The highest BCUT2D eigenvalue weighted by atomic mass is 32.1. The SMILES string of the molecule is CC(Cc1cccs1)N(C)C(C)(CN)CCCC(F)(F)F. The minimum atomic E-state index is -4.09. The molecular weight excluding hydrogens is 297 g/mol. The van der Waals surface area contributed by atoms with Crippen molar-refractivity contribution >= 4 is 11.3 Å². The molecule has 1 heterocycles. The van der Waals surface area contributed by atoms with Crippen molar-refractivity contribution in [3.05, 3.63) is 22.4 Å². The maximum Gasteiger partial charge on any atom is 0.389 e. The van der Waals surface area contributed by atoms with Crippen molar-refractivity contribution in [2.24, 2.45) is 5.73 Å². The Balaban J connectivity index is 2.58. The molecule has 0 aromatic carbocycles. The van der Waals surface area contributed by atoms with Crippen LogP contribution in [0.15, 0.2) is 17.5 Å². The molecule has 1 aromatic rings. The van der Waals surface area contributed by atoms with E-state index in [9.17, 15) is 13.2 Å². The lowest BCUT2D eigenvalue weighted by Crippen LogP contribution is -2.53. The van der Waals surface area contributed by atoms with E-state index in [1.807, 2.05) is 25.4 Å². The van der Waals surface area contributed by atoms with Gasteiger partial charge in [0.15, 0.2) is 0 Å². The second-order valence-corrected chi connectivity index (χ2v) is 6.95. The number of hydrogen-bond donors (Lipinski definition) is 1. The quantitative estimate of drug-likeness (QED) is 0.782. The van der Waals surface area contributed by atoms with Gasteiger partial charge in [-0.15, -0.1) is 11.3 Å². The molecule has 2 atom stereocenters. The molecule has 1 rings (SSSR count). The van der Waals surface area contributed by atoms with Gasteiger partial charge in [0.2, 0.25) is 0 Å². The first kappa shape index (κ1) is 18.5. The Labute approximate surface area is 129 Å². The smallest absolute Gasteiger partial charge is 0.329 e. The van der Waals surface area contributed by atoms with E-state index < -0.39 is 18.1 Å². The van der Waals surface area contributed by atoms with Gasteiger partial charge in [-0.25, -0.2) is 0 Å². The fourth-order valence-corrected chi connectivity index (χ4v) is 3.31. The van der Waals surface area contributed by atoms with Gasteiger partial charge in [-0.3, -0.25) is 4.90 Å². The molecule has 0 radical (unpaired) electrons. The first-order valence-corrected chi connectivity index (χ1v) is 8.08. The molecule has 0 spiro atoms. The Morgan fingerprint density at radius 2 is 2.00 bits per heavy atom. The van der Waals surface area contributed by atoms with E-state index in [0.717, 1.165) is 6.42 Å². The number of halogens is 3. The maximum absolute atomic E-state index is 12.3. The molecule has 122 valence electrons. The van der Waals surface area contributed by atoms with Crippen molar-refractivity contribution in [2.75, 3.05) is 13.6 Å². The fourth-order valence-electron chi connectivity index (χ4n) is 2.48. The molecule has 0 saturated carbocycles. The number of thiophene rings is 1. The molecule has 0 amide bonds. The van der Waals surface area contributed by atoms with Crippen LogP contribution in [0.25, 0.3) is 0 Å². The summed E-state index contributed by atoms with van der Waals surface area (Å²) < 4.78 is 36.9. The van der Waals surface area contributed by atoms with Crippen molar-refractivity contribution in [2.45, 2.75) is 57.3 Å². The highest BCUT2D eigenvalue weighted by Gasteiger charge is 2.33. The highest BCUT2D eigenvalue weighted by molar-refractivity contribution is 7.09. The number of alkyl halides is 3.